The Balaban J connectivity index is 2.10. The minimum atomic E-state index is 0.0739. The molecule has 88 valence electrons. The lowest BCUT2D eigenvalue weighted by atomic mass is 10.3. The number of rotatable bonds is 6. The Bertz CT molecular complexity index is 312. The average molecular weight is 222 g/mol. The summed E-state index contributed by atoms with van der Waals surface area (Å²) < 4.78 is 5.42. The minimum absolute atomic E-state index is 0.0739. The van der Waals surface area contributed by atoms with Crippen LogP contribution in [0.3, 0.4) is 0 Å². The molecule has 0 radical (unpaired) electrons. The van der Waals surface area contributed by atoms with E-state index in [1.165, 1.54) is 0 Å². The van der Waals surface area contributed by atoms with E-state index in [0.29, 0.717) is 19.4 Å². The molecular weight excluding hydrogens is 204 g/mol. The van der Waals surface area contributed by atoms with Gasteiger partial charge in [0.25, 0.3) is 0 Å². The highest BCUT2D eigenvalue weighted by atomic mass is 16.5. The molecule has 4 heteroatoms. The molecule has 16 heavy (non-hydrogen) atoms. The van der Waals surface area contributed by atoms with Crippen molar-refractivity contribution < 1.29 is 9.53 Å². The lowest BCUT2D eigenvalue weighted by molar-refractivity contribution is -0.121. The van der Waals surface area contributed by atoms with E-state index < -0.39 is 0 Å². The van der Waals surface area contributed by atoms with Gasteiger partial charge in [0.2, 0.25) is 5.91 Å². The molecule has 1 amide bonds. The molecule has 0 saturated heterocycles. The van der Waals surface area contributed by atoms with Crippen molar-refractivity contribution in [2.45, 2.75) is 32.7 Å². The Morgan fingerprint density at radius 1 is 1.56 bits per heavy atom. The molecule has 1 rings (SSSR count). The number of carbonyl (C=O) groups is 1. The number of nitrogens with zero attached hydrogens (tertiary/aromatic N) is 1. The summed E-state index contributed by atoms with van der Waals surface area (Å²) in [7, 11) is 0. The highest BCUT2D eigenvalue weighted by Gasteiger charge is 2.02. The van der Waals surface area contributed by atoms with Gasteiger partial charge in [0.1, 0.15) is 5.75 Å². The first-order valence-corrected chi connectivity index (χ1v) is 5.50. The quantitative estimate of drug-likeness (QED) is 0.746. The number of pyridine rings is 1. The number of hydrogen-bond donors (Lipinski definition) is 1. The largest absolute Gasteiger partial charge is 0.492 e. The summed E-state index contributed by atoms with van der Waals surface area (Å²) >= 11 is 0. The first kappa shape index (κ1) is 12.5. The van der Waals surface area contributed by atoms with Crippen LogP contribution in [0, 0.1) is 0 Å². The zero-order valence-electron chi connectivity index (χ0n) is 9.77. The van der Waals surface area contributed by atoms with Crippen LogP contribution < -0.4 is 10.1 Å². The van der Waals surface area contributed by atoms with Crippen LogP contribution in [0.4, 0.5) is 0 Å². The third-order valence-corrected chi connectivity index (χ3v) is 1.90. The predicted octanol–water partition coefficient (Wildman–Crippen LogP) is 1.77. The fraction of sp³-hybridized carbons (Fsp3) is 0.500. The van der Waals surface area contributed by atoms with Gasteiger partial charge in [-0.15, -0.1) is 0 Å². The maximum absolute atomic E-state index is 11.3. The molecule has 1 heterocycles. The summed E-state index contributed by atoms with van der Waals surface area (Å²) in [5.41, 5.74) is 0. The molecule has 1 aromatic heterocycles. The Labute approximate surface area is 96.0 Å². The molecule has 0 aliphatic carbocycles. The third-order valence-electron chi connectivity index (χ3n) is 1.90. The Morgan fingerprint density at radius 2 is 2.38 bits per heavy atom. The average Bonchev–Trinajstić information content (AvgIpc) is 2.25. The molecule has 0 fully saturated rings. The normalized spacial score (nSPS) is 10.2. The summed E-state index contributed by atoms with van der Waals surface area (Å²) in [5.74, 6) is 0.816. The maximum Gasteiger partial charge on any atom is 0.220 e. The van der Waals surface area contributed by atoms with Gasteiger partial charge in [-0.1, -0.05) is 0 Å². The van der Waals surface area contributed by atoms with Crippen molar-refractivity contribution in [2.75, 3.05) is 6.61 Å². The van der Waals surface area contributed by atoms with Crippen LogP contribution in [0.1, 0.15) is 26.7 Å². The summed E-state index contributed by atoms with van der Waals surface area (Å²) in [4.78, 5) is 15.2. The molecule has 0 aliphatic heterocycles. The van der Waals surface area contributed by atoms with E-state index in [1.807, 2.05) is 26.0 Å². The van der Waals surface area contributed by atoms with Crippen molar-refractivity contribution >= 4 is 5.91 Å². The molecule has 4 nitrogen and oxygen atoms in total. The summed E-state index contributed by atoms with van der Waals surface area (Å²) in [5, 5.41) is 2.83. The van der Waals surface area contributed by atoms with Gasteiger partial charge in [0.15, 0.2) is 0 Å². The highest BCUT2D eigenvalue weighted by molar-refractivity contribution is 5.76. The van der Waals surface area contributed by atoms with E-state index in [1.54, 1.807) is 12.4 Å². The molecule has 0 saturated carbocycles. The van der Waals surface area contributed by atoms with Gasteiger partial charge in [0.05, 0.1) is 12.8 Å². The molecule has 0 aromatic carbocycles. The fourth-order valence-electron chi connectivity index (χ4n) is 1.25. The van der Waals surface area contributed by atoms with Crippen molar-refractivity contribution in [3.8, 4) is 5.75 Å². The van der Waals surface area contributed by atoms with E-state index in [2.05, 4.69) is 10.3 Å². The molecule has 0 spiro atoms. The second-order valence-corrected chi connectivity index (χ2v) is 3.86. The van der Waals surface area contributed by atoms with Gasteiger partial charge in [-0.3, -0.25) is 9.78 Å². The SMILES string of the molecule is CC(C)NC(=O)CCCOc1cccnc1. The van der Waals surface area contributed by atoms with Gasteiger partial charge < -0.3 is 10.1 Å². The fourth-order valence-corrected chi connectivity index (χ4v) is 1.25. The standard InChI is InChI=1S/C12H18N2O2/c1-10(2)14-12(15)6-4-8-16-11-5-3-7-13-9-11/h3,5,7,9-10H,4,6,8H2,1-2H3,(H,14,15). The lowest BCUT2D eigenvalue weighted by Gasteiger charge is -2.08. The van der Waals surface area contributed by atoms with Crippen molar-refractivity contribution in [3.63, 3.8) is 0 Å². The number of nitrogens with one attached hydrogen (secondary N) is 1. The summed E-state index contributed by atoms with van der Waals surface area (Å²) in [6.45, 7) is 4.44. The van der Waals surface area contributed by atoms with Crippen molar-refractivity contribution in [3.05, 3.63) is 24.5 Å². The van der Waals surface area contributed by atoms with Crippen LogP contribution in [-0.4, -0.2) is 23.5 Å². The number of hydrogen-bond acceptors (Lipinski definition) is 3. The Hall–Kier alpha value is -1.58. The van der Waals surface area contributed by atoms with Crippen molar-refractivity contribution in [1.29, 1.82) is 0 Å². The van der Waals surface area contributed by atoms with E-state index >= 15 is 0 Å². The molecule has 0 atom stereocenters. The number of carbonyl (C=O) groups excluding carboxylic acids is 1. The van der Waals surface area contributed by atoms with Crippen molar-refractivity contribution in [1.82, 2.24) is 10.3 Å². The van der Waals surface area contributed by atoms with Crippen LogP contribution in [0.15, 0.2) is 24.5 Å². The monoisotopic (exact) mass is 222 g/mol. The van der Waals surface area contributed by atoms with Gasteiger partial charge in [-0.05, 0) is 32.4 Å². The van der Waals surface area contributed by atoms with Crippen LogP contribution in [0.5, 0.6) is 5.75 Å². The summed E-state index contributed by atoms with van der Waals surface area (Å²) in [6.07, 6.45) is 4.57. The highest BCUT2D eigenvalue weighted by Crippen LogP contribution is 2.06. The molecule has 1 aromatic rings. The molecule has 0 aliphatic rings. The van der Waals surface area contributed by atoms with Gasteiger partial charge in [-0.2, -0.15) is 0 Å². The van der Waals surface area contributed by atoms with Gasteiger partial charge in [0, 0.05) is 18.7 Å². The van der Waals surface area contributed by atoms with Crippen LogP contribution in [-0.2, 0) is 4.79 Å². The first-order valence-electron chi connectivity index (χ1n) is 5.50. The number of amides is 1. The van der Waals surface area contributed by atoms with E-state index in [9.17, 15) is 4.79 Å². The van der Waals surface area contributed by atoms with Gasteiger partial charge >= 0.3 is 0 Å². The lowest BCUT2D eigenvalue weighted by Crippen LogP contribution is -2.30. The Morgan fingerprint density at radius 3 is 3.00 bits per heavy atom. The first-order chi connectivity index (χ1) is 7.68. The molecular formula is C12H18N2O2. The topological polar surface area (TPSA) is 51.2 Å². The maximum atomic E-state index is 11.3. The summed E-state index contributed by atoms with van der Waals surface area (Å²) in [6, 6.07) is 3.87. The van der Waals surface area contributed by atoms with Crippen LogP contribution in [0.25, 0.3) is 0 Å². The van der Waals surface area contributed by atoms with Crippen LogP contribution >= 0.6 is 0 Å². The zero-order valence-corrected chi connectivity index (χ0v) is 9.77. The van der Waals surface area contributed by atoms with Gasteiger partial charge in [-0.25, -0.2) is 0 Å². The number of ether oxygens (including phenoxy) is 1. The molecule has 1 N–H and O–H groups in total. The van der Waals surface area contributed by atoms with Crippen LogP contribution in [0.2, 0.25) is 0 Å². The van der Waals surface area contributed by atoms with Crippen molar-refractivity contribution in [2.24, 2.45) is 0 Å². The Kier molecular flexibility index (Phi) is 5.32. The molecule has 0 bridgehead atoms. The second kappa shape index (κ2) is 6.82. The number of aromatic nitrogens is 1. The van der Waals surface area contributed by atoms with E-state index in [0.717, 1.165) is 5.75 Å². The second-order valence-electron chi connectivity index (χ2n) is 3.86. The molecule has 0 unspecified atom stereocenters. The minimum Gasteiger partial charge on any atom is -0.492 e. The zero-order chi connectivity index (χ0) is 11.8. The third kappa shape index (κ3) is 5.34. The van der Waals surface area contributed by atoms with E-state index in [-0.39, 0.29) is 11.9 Å². The van der Waals surface area contributed by atoms with E-state index in [4.69, 9.17) is 4.74 Å². The predicted molar refractivity (Wildman–Crippen MR) is 62.2 cm³/mol. The smallest absolute Gasteiger partial charge is 0.220 e.